The van der Waals surface area contributed by atoms with Crippen LogP contribution < -0.4 is 5.32 Å². The minimum atomic E-state index is -0.285. The molecular formula is C6H12N4O2. The van der Waals surface area contributed by atoms with E-state index in [1.807, 2.05) is 6.92 Å². The van der Waals surface area contributed by atoms with E-state index in [9.17, 15) is 4.79 Å². The summed E-state index contributed by atoms with van der Waals surface area (Å²) in [6.07, 6.45) is 0. The lowest BCUT2D eigenvalue weighted by atomic mass is 10.5. The first kappa shape index (κ1) is 10.7. The number of nitrogens with one attached hydrogen (secondary N) is 1. The molecule has 0 saturated carbocycles. The Balaban J connectivity index is 3.25. The van der Waals surface area contributed by atoms with E-state index < -0.39 is 0 Å². The molecule has 0 aromatic carbocycles. The van der Waals surface area contributed by atoms with Gasteiger partial charge in [-0.2, -0.15) is 0 Å². The van der Waals surface area contributed by atoms with Crippen LogP contribution in [0.1, 0.15) is 6.92 Å². The molecule has 0 unspecified atom stereocenters. The van der Waals surface area contributed by atoms with E-state index in [0.717, 1.165) is 0 Å². The summed E-state index contributed by atoms with van der Waals surface area (Å²) in [5.74, 6) is -0.285. The molecule has 0 aliphatic carbocycles. The molecule has 0 saturated heterocycles. The van der Waals surface area contributed by atoms with Gasteiger partial charge in [-0.1, -0.05) is 5.11 Å². The summed E-state index contributed by atoms with van der Waals surface area (Å²) in [7, 11) is 0. The Labute approximate surface area is 70.5 Å². The van der Waals surface area contributed by atoms with Gasteiger partial charge >= 0.3 is 0 Å². The van der Waals surface area contributed by atoms with Crippen LogP contribution in [0.15, 0.2) is 5.11 Å². The Morgan fingerprint density at radius 1 is 1.75 bits per heavy atom. The predicted octanol–water partition coefficient (Wildman–Crippen LogP) is 0.449. The van der Waals surface area contributed by atoms with Crippen LogP contribution in [-0.2, 0) is 9.53 Å². The molecule has 0 aromatic rings. The highest BCUT2D eigenvalue weighted by Crippen LogP contribution is 1.74. The van der Waals surface area contributed by atoms with E-state index in [1.54, 1.807) is 0 Å². The van der Waals surface area contributed by atoms with Crippen molar-refractivity contribution in [1.82, 2.24) is 5.32 Å². The smallest absolute Gasteiger partial charge is 0.225 e. The van der Waals surface area contributed by atoms with Crippen LogP contribution in [0.4, 0.5) is 0 Å². The second kappa shape index (κ2) is 7.84. The van der Waals surface area contributed by atoms with Crippen LogP contribution in [0, 0.1) is 0 Å². The first-order valence-electron chi connectivity index (χ1n) is 3.66. The summed E-state index contributed by atoms with van der Waals surface area (Å²) in [6, 6.07) is 0. The third-order valence-electron chi connectivity index (χ3n) is 1.05. The molecule has 0 fully saturated rings. The van der Waals surface area contributed by atoms with Crippen LogP contribution in [0.2, 0.25) is 0 Å². The second-order valence-corrected chi connectivity index (χ2v) is 1.94. The van der Waals surface area contributed by atoms with Crippen molar-refractivity contribution in [1.29, 1.82) is 0 Å². The van der Waals surface area contributed by atoms with Crippen molar-refractivity contribution in [2.24, 2.45) is 5.11 Å². The van der Waals surface area contributed by atoms with Gasteiger partial charge in [-0.05, 0) is 12.5 Å². The molecule has 0 bridgehead atoms. The minimum Gasteiger partial charge on any atom is -0.380 e. The van der Waals surface area contributed by atoms with Crippen molar-refractivity contribution < 1.29 is 9.53 Å². The predicted molar refractivity (Wildman–Crippen MR) is 43.5 cm³/mol. The summed E-state index contributed by atoms with van der Waals surface area (Å²) < 4.78 is 4.97. The summed E-state index contributed by atoms with van der Waals surface area (Å²) in [4.78, 5) is 13.2. The molecule has 1 amide bonds. The fraction of sp³-hybridized carbons (Fsp3) is 0.833. The number of amides is 1. The number of hydrogen-bond donors (Lipinski definition) is 1. The molecule has 0 radical (unpaired) electrons. The first-order valence-corrected chi connectivity index (χ1v) is 3.66. The number of rotatable bonds is 6. The molecule has 12 heavy (non-hydrogen) atoms. The molecular weight excluding hydrogens is 160 g/mol. The summed E-state index contributed by atoms with van der Waals surface area (Å²) >= 11 is 0. The molecule has 0 spiro atoms. The molecule has 0 aliphatic rings. The van der Waals surface area contributed by atoms with E-state index >= 15 is 0 Å². The zero-order chi connectivity index (χ0) is 9.23. The molecule has 0 aliphatic heterocycles. The van der Waals surface area contributed by atoms with Gasteiger partial charge in [0.1, 0.15) is 6.54 Å². The average Bonchev–Trinajstić information content (AvgIpc) is 2.09. The zero-order valence-corrected chi connectivity index (χ0v) is 6.99. The van der Waals surface area contributed by atoms with Crippen LogP contribution in [0.3, 0.4) is 0 Å². The van der Waals surface area contributed by atoms with Gasteiger partial charge in [0.2, 0.25) is 5.91 Å². The molecule has 68 valence electrons. The van der Waals surface area contributed by atoms with Crippen molar-refractivity contribution in [3.63, 3.8) is 0 Å². The van der Waals surface area contributed by atoms with Crippen LogP contribution in [-0.4, -0.2) is 32.2 Å². The van der Waals surface area contributed by atoms with E-state index in [-0.39, 0.29) is 12.5 Å². The minimum absolute atomic E-state index is 0.150. The SMILES string of the molecule is CCOCCNC(=O)CN=[N+]=[N-]. The van der Waals surface area contributed by atoms with Gasteiger partial charge in [0, 0.05) is 18.1 Å². The third-order valence-corrected chi connectivity index (χ3v) is 1.05. The number of carbonyl (C=O) groups excluding carboxylic acids is 1. The normalized spacial score (nSPS) is 8.75. The second-order valence-electron chi connectivity index (χ2n) is 1.94. The lowest BCUT2D eigenvalue weighted by molar-refractivity contribution is -0.119. The third kappa shape index (κ3) is 6.85. The first-order chi connectivity index (χ1) is 5.81. The number of carbonyl (C=O) groups is 1. The highest BCUT2D eigenvalue weighted by Gasteiger charge is 1.95. The summed E-state index contributed by atoms with van der Waals surface area (Å²) in [5, 5.41) is 5.62. The molecule has 6 nitrogen and oxygen atoms in total. The fourth-order valence-electron chi connectivity index (χ4n) is 0.559. The van der Waals surface area contributed by atoms with Gasteiger partial charge in [-0.25, -0.2) is 0 Å². The maximum Gasteiger partial charge on any atom is 0.225 e. The Morgan fingerprint density at radius 3 is 3.08 bits per heavy atom. The zero-order valence-electron chi connectivity index (χ0n) is 6.99. The highest BCUT2D eigenvalue weighted by molar-refractivity contribution is 5.78. The molecule has 0 rings (SSSR count). The Kier molecular flexibility index (Phi) is 7.02. The van der Waals surface area contributed by atoms with Crippen molar-refractivity contribution >= 4 is 5.91 Å². The van der Waals surface area contributed by atoms with E-state index in [4.69, 9.17) is 10.3 Å². The Hall–Kier alpha value is -1.26. The maximum absolute atomic E-state index is 10.7. The lowest BCUT2D eigenvalue weighted by Gasteiger charge is -2.02. The summed E-state index contributed by atoms with van der Waals surface area (Å²) in [5.41, 5.74) is 7.88. The average molecular weight is 172 g/mol. The van der Waals surface area contributed by atoms with Gasteiger partial charge in [-0.15, -0.1) is 0 Å². The van der Waals surface area contributed by atoms with E-state index in [2.05, 4.69) is 15.3 Å². The van der Waals surface area contributed by atoms with Crippen LogP contribution >= 0.6 is 0 Å². The van der Waals surface area contributed by atoms with Gasteiger partial charge in [0.05, 0.1) is 6.61 Å². The monoisotopic (exact) mass is 172 g/mol. The lowest BCUT2D eigenvalue weighted by Crippen LogP contribution is -2.28. The highest BCUT2D eigenvalue weighted by atomic mass is 16.5. The van der Waals surface area contributed by atoms with Gasteiger partial charge in [0.15, 0.2) is 0 Å². The van der Waals surface area contributed by atoms with Gasteiger partial charge in [-0.3, -0.25) is 4.79 Å². The number of ether oxygens (including phenoxy) is 1. The maximum atomic E-state index is 10.7. The molecule has 1 N–H and O–H groups in total. The van der Waals surface area contributed by atoms with Gasteiger partial charge < -0.3 is 10.1 Å². The van der Waals surface area contributed by atoms with E-state index in [1.165, 1.54) is 0 Å². The summed E-state index contributed by atoms with van der Waals surface area (Å²) in [6.45, 7) is 3.29. The number of azide groups is 1. The van der Waals surface area contributed by atoms with Crippen molar-refractivity contribution in [2.45, 2.75) is 6.92 Å². The molecule has 0 atom stereocenters. The van der Waals surface area contributed by atoms with Crippen molar-refractivity contribution in [3.8, 4) is 0 Å². The topological polar surface area (TPSA) is 87.1 Å². The van der Waals surface area contributed by atoms with Crippen molar-refractivity contribution in [2.75, 3.05) is 26.3 Å². The molecule has 0 heterocycles. The Morgan fingerprint density at radius 2 is 2.50 bits per heavy atom. The van der Waals surface area contributed by atoms with Crippen LogP contribution in [0.25, 0.3) is 10.4 Å². The fourth-order valence-corrected chi connectivity index (χ4v) is 0.559. The van der Waals surface area contributed by atoms with Crippen LogP contribution in [0.5, 0.6) is 0 Å². The number of nitrogens with zero attached hydrogens (tertiary/aromatic N) is 3. The standard InChI is InChI=1S/C6H12N4O2/c1-2-12-4-3-8-6(11)5-9-10-7/h2-5H2,1H3,(H,8,11). The van der Waals surface area contributed by atoms with Crippen molar-refractivity contribution in [3.05, 3.63) is 10.4 Å². The largest absolute Gasteiger partial charge is 0.380 e. The molecule has 6 heteroatoms. The number of hydrogen-bond acceptors (Lipinski definition) is 3. The van der Waals surface area contributed by atoms with Gasteiger partial charge in [0.25, 0.3) is 0 Å². The quantitative estimate of drug-likeness (QED) is 0.273. The van der Waals surface area contributed by atoms with E-state index in [0.29, 0.717) is 19.8 Å². The molecule has 0 aromatic heterocycles. The Bertz CT molecular complexity index is 176.